The molecule has 3 heteroatoms. The van der Waals surface area contributed by atoms with Gasteiger partial charge in [0.2, 0.25) is 0 Å². The van der Waals surface area contributed by atoms with E-state index in [0.717, 1.165) is 19.4 Å². The van der Waals surface area contributed by atoms with Crippen molar-refractivity contribution in [2.24, 2.45) is 11.8 Å². The minimum absolute atomic E-state index is 0.468. The molecular weight excluding hydrogens is 336 g/mol. The molecule has 0 N–H and O–H groups in total. The SMILES string of the molecule is CC(C)CO[Si](OCC1CC=CCC1)(c1ccccc1)c1ccccc1. The average molecular weight is 367 g/mol. The van der Waals surface area contributed by atoms with E-state index < -0.39 is 8.56 Å². The predicted molar refractivity (Wildman–Crippen MR) is 111 cm³/mol. The molecule has 138 valence electrons. The summed E-state index contributed by atoms with van der Waals surface area (Å²) >= 11 is 0. The minimum atomic E-state index is -2.72. The maximum Gasteiger partial charge on any atom is 0.407 e. The Balaban J connectivity index is 1.94. The van der Waals surface area contributed by atoms with Gasteiger partial charge >= 0.3 is 8.56 Å². The van der Waals surface area contributed by atoms with Crippen LogP contribution in [0.5, 0.6) is 0 Å². The van der Waals surface area contributed by atoms with E-state index in [2.05, 4.69) is 86.7 Å². The van der Waals surface area contributed by atoms with Crippen molar-refractivity contribution in [3.63, 3.8) is 0 Å². The van der Waals surface area contributed by atoms with Gasteiger partial charge in [-0.15, -0.1) is 0 Å². The molecule has 1 unspecified atom stereocenters. The molecule has 0 amide bonds. The highest BCUT2D eigenvalue weighted by molar-refractivity contribution is 6.92. The van der Waals surface area contributed by atoms with Gasteiger partial charge in [0.25, 0.3) is 0 Å². The molecule has 2 nitrogen and oxygen atoms in total. The van der Waals surface area contributed by atoms with Gasteiger partial charge in [0.1, 0.15) is 0 Å². The Hall–Kier alpha value is -1.68. The molecule has 0 spiro atoms. The van der Waals surface area contributed by atoms with Gasteiger partial charge in [0.15, 0.2) is 0 Å². The van der Waals surface area contributed by atoms with Crippen LogP contribution in [0.15, 0.2) is 72.8 Å². The molecule has 26 heavy (non-hydrogen) atoms. The third-order valence-electron chi connectivity index (χ3n) is 4.83. The van der Waals surface area contributed by atoms with Gasteiger partial charge in [-0.05, 0) is 41.5 Å². The molecule has 0 bridgehead atoms. The summed E-state index contributed by atoms with van der Waals surface area (Å²) in [6, 6.07) is 21.1. The molecule has 1 atom stereocenters. The molecule has 2 aromatic carbocycles. The second-order valence-corrected chi connectivity index (χ2v) is 10.5. The highest BCUT2D eigenvalue weighted by atomic mass is 28.4. The fraction of sp³-hybridized carbons (Fsp3) is 0.391. The maximum atomic E-state index is 6.77. The fourth-order valence-electron chi connectivity index (χ4n) is 3.38. The lowest BCUT2D eigenvalue weighted by molar-refractivity contribution is 0.148. The molecule has 0 saturated carbocycles. The average Bonchev–Trinajstić information content (AvgIpc) is 2.70. The lowest BCUT2D eigenvalue weighted by atomic mass is 9.96. The van der Waals surface area contributed by atoms with Crippen LogP contribution in [-0.2, 0) is 8.85 Å². The van der Waals surface area contributed by atoms with Crippen LogP contribution in [-0.4, -0.2) is 21.8 Å². The van der Waals surface area contributed by atoms with E-state index in [1.165, 1.54) is 16.8 Å². The van der Waals surface area contributed by atoms with E-state index in [9.17, 15) is 0 Å². The topological polar surface area (TPSA) is 18.5 Å². The lowest BCUT2D eigenvalue weighted by Gasteiger charge is -2.34. The summed E-state index contributed by atoms with van der Waals surface area (Å²) in [5.74, 6) is 1.05. The third-order valence-corrected chi connectivity index (χ3v) is 8.16. The normalized spacial score (nSPS) is 17.6. The van der Waals surface area contributed by atoms with Gasteiger partial charge in [-0.2, -0.15) is 0 Å². The second kappa shape index (κ2) is 9.31. The fourth-order valence-corrected chi connectivity index (χ4v) is 6.77. The molecule has 0 aliphatic heterocycles. The zero-order chi connectivity index (χ0) is 18.2. The van der Waals surface area contributed by atoms with Crippen LogP contribution in [0.3, 0.4) is 0 Å². The first-order valence-corrected chi connectivity index (χ1v) is 11.6. The summed E-state index contributed by atoms with van der Waals surface area (Å²) in [6.07, 6.45) is 8.05. The van der Waals surface area contributed by atoms with Crippen LogP contribution in [0.1, 0.15) is 33.1 Å². The first-order chi connectivity index (χ1) is 12.7. The van der Waals surface area contributed by atoms with Crippen LogP contribution in [0.2, 0.25) is 0 Å². The summed E-state index contributed by atoms with van der Waals surface area (Å²) in [7, 11) is -2.72. The van der Waals surface area contributed by atoms with Gasteiger partial charge < -0.3 is 8.85 Å². The third kappa shape index (κ3) is 4.73. The number of allylic oxidation sites excluding steroid dienone is 2. The molecule has 2 aromatic rings. The van der Waals surface area contributed by atoms with Gasteiger partial charge in [-0.25, -0.2) is 0 Å². The van der Waals surface area contributed by atoms with Gasteiger partial charge in [-0.1, -0.05) is 86.7 Å². The number of hydrogen-bond donors (Lipinski definition) is 0. The number of rotatable bonds is 8. The summed E-state index contributed by atoms with van der Waals surface area (Å²) in [5, 5.41) is 2.39. The van der Waals surface area contributed by atoms with E-state index in [4.69, 9.17) is 8.85 Å². The Bertz CT molecular complexity index is 642. The second-order valence-electron chi connectivity index (χ2n) is 7.51. The van der Waals surface area contributed by atoms with Crippen LogP contribution in [0, 0.1) is 11.8 Å². The van der Waals surface area contributed by atoms with Gasteiger partial charge in [-0.3, -0.25) is 0 Å². The zero-order valence-corrected chi connectivity index (χ0v) is 16.9. The van der Waals surface area contributed by atoms with E-state index in [1.54, 1.807) is 0 Å². The highest BCUT2D eigenvalue weighted by Gasteiger charge is 2.43. The van der Waals surface area contributed by atoms with Crippen molar-refractivity contribution in [3.05, 3.63) is 72.8 Å². The Kier molecular flexibility index (Phi) is 6.84. The van der Waals surface area contributed by atoms with Crippen molar-refractivity contribution < 1.29 is 8.85 Å². The molecule has 0 radical (unpaired) electrons. The molecule has 0 aromatic heterocycles. The van der Waals surface area contributed by atoms with Crippen LogP contribution < -0.4 is 10.4 Å². The van der Waals surface area contributed by atoms with Crippen molar-refractivity contribution in [3.8, 4) is 0 Å². The van der Waals surface area contributed by atoms with Crippen LogP contribution >= 0.6 is 0 Å². The Morgan fingerprint density at radius 1 is 0.885 bits per heavy atom. The highest BCUT2D eigenvalue weighted by Crippen LogP contribution is 2.21. The smallest absolute Gasteiger partial charge is 0.387 e. The largest absolute Gasteiger partial charge is 0.407 e. The molecule has 1 aliphatic rings. The van der Waals surface area contributed by atoms with E-state index in [0.29, 0.717) is 18.4 Å². The van der Waals surface area contributed by atoms with Crippen LogP contribution in [0.25, 0.3) is 0 Å². The number of hydrogen-bond acceptors (Lipinski definition) is 2. The first kappa shape index (κ1) is 19.1. The summed E-state index contributed by atoms with van der Waals surface area (Å²) in [4.78, 5) is 0. The van der Waals surface area contributed by atoms with E-state index >= 15 is 0 Å². The quantitative estimate of drug-likeness (QED) is 0.512. The van der Waals surface area contributed by atoms with Crippen molar-refractivity contribution in [2.45, 2.75) is 33.1 Å². The molecule has 0 saturated heterocycles. The monoisotopic (exact) mass is 366 g/mol. The maximum absolute atomic E-state index is 6.77. The summed E-state index contributed by atoms with van der Waals surface area (Å²) in [5.41, 5.74) is 0. The van der Waals surface area contributed by atoms with Gasteiger partial charge in [0.05, 0.1) is 0 Å². The minimum Gasteiger partial charge on any atom is -0.387 e. The molecule has 1 aliphatic carbocycles. The molecular formula is C23H30O2Si. The lowest BCUT2D eigenvalue weighted by Crippen LogP contribution is -2.64. The van der Waals surface area contributed by atoms with Crippen molar-refractivity contribution in [1.29, 1.82) is 0 Å². The summed E-state index contributed by atoms with van der Waals surface area (Å²) < 4.78 is 13.4. The standard InChI is InChI=1S/C23H30O2Si/c1-20(2)18-24-26(22-14-8-4-9-15-22,23-16-10-5-11-17-23)25-19-21-12-6-3-7-13-21/h3-6,8-11,14-17,20-21H,7,12-13,18-19H2,1-2H3. The number of benzene rings is 2. The van der Waals surface area contributed by atoms with Gasteiger partial charge in [0, 0.05) is 13.2 Å². The Morgan fingerprint density at radius 2 is 1.50 bits per heavy atom. The van der Waals surface area contributed by atoms with Crippen LogP contribution in [0.4, 0.5) is 0 Å². The molecule has 0 fully saturated rings. The van der Waals surface area contributed by atoms with Crippen molar-refractivity contribution >= 4 is 18.9 Å². The Morgan fingerprint density at radius 3 is 2.00 bits per heavy atom. The first-order valence-electron chi connectivity index (χ1n) is 9.74. The summed E-state index contributed by atoms with van der Waals surface area (Å²) in [6.45, 7) is 5.86. The molecule has 0 heterocycles. The molecule has 3 rings (SSSR count). The van der Waals surface area contributed by atoms with E-state index in [1.807, 2.05) is 0 Å². The van der Waals surface area contributed by atoms with E-state index in [-0.39, 0.29) is 0 Å². The predicted octanol–water partition coefficient (Wildman–Crippen LogP) is 4.29. The Labute approximate surface area is 159 Å². The van der Waals surface area contributed by atoms with Crippen molar-refractivity contribution in [1.82, 2.24) is 0 Å². The van der Waals surface area contributed by atoms with Crippen molar-refractivity contribution in [2.75, 3.05) is 13.2 Å². The zero-order valence-electron chi connectivity index (χ0n) is 15.9.